The summed E-state index contributed by atoms with van der Waals surface area (Å²) in [6.45, 7) is 22.0. The van der Waals surface area contributed by atoms with Crippen LogP contribution in [0.4, 0.5) is 11.4 Å². The summed E-state index contributed by atoms with van der Waals surface area (Å²) in [5, 5.41) is 8.55. The number of nitrogens with zero attached hydrogens (tertiary/aromatic N) is 4. The topological polar surface area (TPSA) is 35.2 Å². The summed E-state index contributed by atoms with van der Waals surface area (Å²) in [6.07, 6.45) is 1.88. The zero-order valence-electron chi connectivity index (χ0n) is 50.3. The van der Waals surface area contributed by atoms with Crippen LogP contribution in [0.1, 0.15) is 85.9 Å². The van der Waals surface area contributed by atoms with Crippen molar-refractivity contribution in [2.75, 3.05) is 4.90 Å². The van der Waals surface area contributed by atoms with Gasteiger partial charge in [0, 0.05) is 50.0 Å². The number of hydrogen-bond acceptors (Lipinski definition) is 3. The van der Waals surface area contributed by atoms with Crippen molar-refractivity contribution in [3.8, 4) is 39.6 Å². The average molecular weight is 1200 g/mol. The maximum Gasteiger partial charge on any atom is 0.135 e. The molecule has 0 amide bonds. The van der Waals surface area contributed by atoms with Crippen LogP contribution in [0.2, 0.25) is 0 Å². The number of para-hydroxylation sites is 3. The molecule has 6 heteroatoms. The Morgan fingerprint density at radius 3 is 1.86 bits per heavy atom. The maximum absolute atomic E-state index is 9.16. The van der Waals surface area contributed by atoms with Gasteiger partial charge in [0.15, 0.2) is 0 Å². The van der Waals surface area contributed by atoms with Gasteiger partial charge in [-0.3, -0.25) is 0 Å². The molecular formula is C72H61N4OPt-3. The summed E-state index contributed by atoms with van der Waals surface area (Å²) in [6, 6.07) is 63.1. The van der Waals surface area contributed by atoms with E-state index < -0.39 is 6.04 Å². The smallest absolute Gasteiger partial charge is 0.135 e. The minimum absolute atomic E-state index is 0. The van der Waals surface area contributed by atoms with Crippen molar-refractivity contribution in [1.82, 2.24) is 14.1 Å². The van der Waals surface area contributed by atoms with Crippen molar-refractivity contribution in [3.05, 3.63) is 236 Å². The Labute approximate surface area is 479 Å². The molecule has 5 nitrogen and oxygen atoms in total. The van der Waals surface area contributed by atoms with E-state index in [4.69, 9.17) is 16.6 Å². The normalized spacial score (nSPS) is 13.6. The Morgan fingerprint density at radius 2 is 1.10 bits per heavy atom. The van der Waals surface area contributed by atoms with Gasteiger partial charge in [-0.15, -0.1) is 35.7 Å². The van der Waals surface area contributed by atoms with Gasteiger partial charge >= 0.3 is 0 Å². The van der Waals surface area contributed by atoms with Crippen LogP contribution in [-0.2, 0) is 37.3 Å². The van der Waals surface area contributed by atoms with Crippen LogP contribution in [-0.4, -0.2) is 14.1 Å². The van der Waals surface area contributed by atoms with E-state index in [-0.39, 0.29) is 67.0 Å². The quantitative estimate of drug-likeness (QED) is 0.156. The van der Waals surface area contributed by atoms with Gasteiger partial charge in [0.05, 0.1) is 6.85 Å². The molecule has 1 aliphatic rings. The molecular weight excluding hydrogens is 1130 g/mol. The fraction of sp³-hybridized carbons (Fsp3) is 0.167. The first kappa shape index (κ1) is 45.0. The van der Waals surface area contributed by atoms with Crippen molar-refractivity contribution in [2.45, 2.75) is 78.6 Å². The molecule has 0 bridgehead atoms. The van der Waals surface area contributed by atoms with E-state index in [1.807, 2.05) is 36.5 Å². The van der Waals surface area contributed by atoms with Crippen LogP contribution in [0.5, 0.6) is 11.5 Å². The first-order valence-corrected chi connectivity index (χ1v) is 26.4. The molecule has 13 rings (SSSR count). The first-order valence-electron chi connectivity index (χ1n) is 28.9. The third-order valence-electron chi connectivity index (χ3n) is 15.2. The van der Waals surface area contributed by atoms with E-state index in [0.717, 1.165) is 99.0 Å². The molecule has 0 N–H and O–H groups in total. The average Bonchev–Trinajstić information content (AvgIpc) is 2.91. The largest absolute Gasteiger partial charge is 0.509 e. The van der Waals surface area contributed by atoms with Crippen molar-refractivity contribution in [3.63, 3.8) is 0 Å². The molecule has 4 heterocycles. The van der Waals surface area contributed by atoms with Crippen molar-refractivity contribution in [2.24, 2.45) is 0 Å². The number of anilines is 2. The summed E-state index contributed by atoms with van der Waals surface area (Å²) in [4.78, 5) is 7.08. The summed E-state index contributed by atoms with van der Waals surface area (Å²) in [7, 11) is 0. The van der Waals surface area contributed by atoms with Crippen LogP contribution >= 0.6 is 0 Å². The third kappa shape index (κ3) is 8.79. The summed E-state index contributed by atoms with van der Waals surface area (Å²) in [5.41, 5.74) is 10.7. The molecule has 388 valence electrons. The van der Waals surface area contributed by atoms with Crippen LogP contribution in [0.15, 0.2) is 200 Å². The minimum atomic E-state index is -0.422. The Hall–Kier alpha value is -8.11. The van der Waals surface area contributed by atoms with E-state index in [0.29, 0.717) is 17.1 Å². The molecule has 0 atom stereocenters. The zero-order valence-corrected chi connectivity index (χ0v) is 47.5. The number of hydrogen-bond donors (Lipinski definition) is 0. The summed E-state index contributed by atoms with van der Waals surface area (Å²) < 4.78 is 55.5. The van der Waals surface area contributed by atoms with Gasteiger partial charge in [0.1, 0.15) is 5.82 Å². The molecule has 3 aromatic heterocycles. The molecule has 1 aliphatic heterocycles. The number of aromatic nitrogens is 3. The number of fused-ring (bicyclic) bond motifs is 10. The molecule has 9 aromatic carbocycles. The van der Waals surface area contributed by atoms with Gasteiger partial charge in [0.25, 0.3) is 0 Å². The number of rotatable bonds is 6. The molecule has 0 fully saturated rings. The van der Waals surface area contributed by atoms with Gasteiger partial charge in [-0.25, -0.2) is 4.98 Å². The predicted octanol–water partition coefficient (Wildman–Crippen LogP) is 19.5. The van der Waals surface area contributed by atoms with Crippen molar-refractivity contribution in [1.29, 1.82) is 0 Å². The van der Waals surface area contributed by atoms with Gasteiger partial charge in [-0.2, -0.15) is 12.1 Å². The third-order valence-corrected chi connectivity index (χ3v) is 15.2. The van der Waals surface area contributed by atoms with E-state index in [1.165, 1.54) is 11.1 Å². The zero-order chi connectivity index (χ0) is 57.3. The number of pyridine rings is 1. The number of ether oxygens (including phenoxy) is 1. The SMILES string of the molecule is [2H]c1c([2H])c([2H])c(-c2cc(-c3cccc4c5cc(C(C)(C)C)ccc5c5ccccc5c5cccc6c5n(c34)[CH-]N6c3[c-]c(Oc4[c-]c5c(cc4)c4ccccc4n5-c4cc(C(C)(C)C)ccn4)ccc3)cc(C(C)(C)C)c2)c([2H])c1[2H].[Pt]. The molecule has 78 heavy (non-hydrogen) atoms. The summed E-state index contributed by atoms with van der Waals surface area (Å²) >= 11 is 0. The van der Waals surface area contributed by atoms with Crippen LogP contribution < -0.4 is 9.64 Å². The molecule has 0 spiro atoms. The maximum atomic E-state index is 9.16. The second-order valence-electron chi connectivity index (χ2n) is 23.4. The standard InChI is InChI=1S/C72H61N4O.Pt/c1-70(2,3)49-32-34-58-56-24-13-14-25-57(56)61-29-19-31-65-69(61)75(68-55(27-18-28-62(68)63(58)41-49)48-38-47(46-20-11-10-12-21-46)39-51(40-48)72(7,8)9)45-74(65)52-22-17-23-53(43-52)77-54-33-35-60-59-26-15-16-30-64(59)76(66(60)44-54)67-42-50(36-37-73-67)71(4,5)6;/h10-42,45H,1-9H3;/q-3;/i10D,11D,12D,20D,21D;. The molecule has 0 radical (unpaired) electrons. The van der Waals surface area contributed by atoms with Gasteiger partial charge in [-0.05, 0) is 141 Å². The molecule has 0 saturated heterocycles. The first-order chi connectivity index (χ1) is 39.1. The van der Waals surface area contributed by atoms with E-state index in [9.17, 15) is 0 Å². The van der Waals surface area contributed by atoms with Crippen LogP contribution in [0.3, 0.4) is 0 Å². The van der Waals surface area contributed by atoms with Crippen molar-refractivity contribution >= 4 is 76.5 Å². The molecule has 0 aliphatic carbocycles. The molecule has 0 unspecified atom stereocenters. The van der Waals surface area contributed by atoms with Crippen LogP contribution in [0.25, 0.3) is 93.2 Å². The Balaban J connectivity index is 0.00000680. The van der Waals surface area contributed by atoms with Gasteiger partial charge in [0.2, 0.25) is 0 Å². The van der Waals surface area contributed by atoms with E-state index in [1.54, 1.807) is 0 Å². The Morgan fingerprint density at radius 1 is 0.487 bits per heavy atom. The van der Waals surface area contributed by atoms with Gasteiger partial charge < -0.3 is 18.8 Å². The second kappa shape index (κ2) is 19.1. The molecule has 12 aromatic rings. The monoisotopic (exact) mass is 1200 g/mol. The Kier molecular flexibility index (Phi) is 11.0. The van der Waals surface area contributed by atoms with E-state index in [2.05, 4.69) is 229 Å². The Bertz CT molecular complexity index is 4700. The molecule has 0 saturated carbocycles. The predicted molar refractivity (Wildman–Crippen MR) is 324 cm³/mol. The van der Waals surface area contributed by atoms with Crippen LogP contribution in [0, 0.1) is 18.8 Å². The number of benzene rings is 9. The van der Waals surface area contributed by atoms with E-state index >= 15 is 0 Å². The van der Waals surface area contributed by atoms with Gasteiger partial charge in [-0.1, -0.05) is 207 Å². The fourth-order valence-electron chi connectivity index (χ4n) is 11.2. The van der Waals surface area contributed by atoms with Crippen molar-refractivity contribution < 1.29 is 32.7 Å². The minimum Gasteiger partial charge on any atom is -0.509 e. The fourth-order valence-corrected chi connectivity index (χ4v) is 11.2. The second-order valence-corrected chi connectivity index (χ2v) is 23.4. The summed E-state index contributed by atoms with van der Waals surface area (Å²) in [5.74, 6) is 1.87.